The Kier molecular flexibility index (Phi) is 3.16. The van der Waals surface area contributed by atoms with Crippen molar-refractivity contribution in [3.05, 3.63) is 0 Å². The van der Waals surface area contributed by atoms with Gasteiger partial charge in [-0.05, 0) is 13.0 Å². The van der Waals surface area contributed by atoms with Crippen LogP contribution < -0.4 is 0 Å². The molecule has 0 aromatic carbocycles. The summed E-state index contributed by atoms with van der Waals surface area (Å²) in [6, 6.07) is -0.180. The van der Waals surface area contributed by atoms with Gasteiger partial charge in [0.2, 0.25) is 10.0 Å². The third-order valence-electron chi connectivity index (χ3n) is 3.41. The fraction of sp³-hybridized carbons (Fsp3) is 1.00. The lowest BCUT2D eigenvalue weighted by atomic mass is 10.2. The van der Waals surface area contributed by atoms with Gasteiger partial charge in [-0.25, -0.2) is 8.42 Å². The van der Waals surface area contributed by atoms with Gasteiger partial charge in [-0.1, -0.05) is 6.92 Å². The summed E-state index contributed by atoms with van der Waals surface area (Å²) in [5, 5.41) is 0. The number of rotatable bonds is 3. The molecule has 2 bridgehead atoms. The number of hydrogen-bond donors (Lipinski definition) is 0. The maximum absolute atomic E-state index is 12.2. The summed E-state index contributed by atoms with van der Waals surface area (Å²) in [6.07, 6.45) is -4.00. The zero-order valence-corrected chi connectivity index (χ0v) is 10.3. The Hall–Kier alpha value is -0.340. The van der Waals surface area contributed by atoms with E-state index in [1.807, 2.05) is 6.92 Å². The van der Waals surface area contributed by atoms with Crippen molar-refractivity contribution in [2.24, 2.45) is 0 Å². The normalized spacial score (nSPS) is 31.3. The second-order valence-electron chi connectivity index (χ2n) is 4.57. The van der Waals surface area contributed by atoms with Crippen molar-refractivity contribution in [3.63, 3.8) is 0 Å². The highest BCUT2D eigenvalue weighted by atomic mass is 32.2. The number of alkyl halides is 3. The highest BCUT2D eigenvalue weighted by Gasteiger charge is 2.49. The second-order valence-corrected chi connectivity index (χ2v) is 6.49. The van der Waals surface area contributed by atoms with Gasteiger partial charge in [0.1, 0.15) is 0 Å². The monoisotopic (exact) mass is 272 g/mol. The molecule has 2 aliphatic heterocycles. The average Bonchev–Trinajstić information content (AvgIpc) is 2.71. The summed E-state index contributed by atoms with van der Waals surface area (Å²) in [6.45, 7) is 3.54. The predicted octanol–water partition coefficient (Wildman–Crippen LogP) is 0.657. The van der Waals surface area contributed by atoms with Crippen LogP contribution in [0.1, 0.15) is 13.3 Å². The van der Waals surface area contributed by atoms with Crippen LogP contribution in [0.5, 0.6) is 0 Å². The first-order valence-electron chi connectivity index (χ1n) is 5.53. The van der Waals surface area contributed by atoms with Gasteiger partial charge in [0, 0.05) is 25.2 Å². The van der Waals surface area contributed by atoms with Crippen LogP contribution in [-0.2, 0) is 10.0 Å². The van der Waals surface area contributed by atoms with E-state index in [-0.39, 0.29) is 18.6 Å². The molecule has 2 heterocycles. The molecule has 100 valence electrons. The molecule has 0 radical (unpaired) electrons. The molecule has 0 aliphatic carbocycles. The Morgan fingerprint density at radius 1 is 1.24 bits per heavy atom. The molecule has 0 aromatic heterocycles. The molecule has 2 fully saturated rings. The number of likely N-dealkylation sites (N-methyl/N-ethyl adjacent to an activating group) is 1. The van der Waals surface area contributed by atoms with Crippen LogP contribution >= 0.6 is 0 Å². The van der Waals surface area contributed by atoms with Crippen molar-refractivity contribution < 1.29 is 21.6 Å². The van der Waals surface area contributed by atoms with Gasteiger partial charge >= 0.3 is 6.18 Å². The minimum Gasteiger partial charge on any atom is -0.298 e. The summed E-state index contributed by atoms with van der Waals surface area (Å²) in [5.74, 6) is -1.74. The van der Waals surface area contributed by atoms with E-state index in [4.69, 9.17) is 0 Å². The first-order valence-corrected chi connectivity index (χ1v) is 7.14. The van der Waals surface area contributed by atoms with Crippen molar-refractivity contribution in [1.29, 1.82) is 0 Å². The number of hydrogen-bond acceptors (Lipinski definition) is 3. The zero-order chi connectivity index (χ0) is 12.8. The SMILES string of the molecule is CCN1CC2CC1CN2S(=O)(=O)CC(F)(F)F. The van der Waals surface area contributed by atoms with Gasteiger partial charge in [0.05, 0.1) is 0 Å². The van der Waals surface area contributed by atoms with Gasteiger partial charge in [0.25, 0.3) is 0 Å². The quantitative estimate of drug-likeness (QED) is 0.757. The largest absolute Gasteiger partial charge is 0.404 e. The minimum atomic E-state index is -4.66. The lowest BCUT2D eigenvalue weighted by Crippen LogP contribution is -2.50. The molecule has 0 aromatic rings. The fourth-order valence-electron chi connectivity index (χ4n) is 2.73. The van der Waals surface area contributed by atoms with Crippen molar-refractivity contribution in [1.82, 2.24) is 9.21 Å². The van der Waals surface area contributed by atoms with Crippen molar-refractivity contribution in [2.75, 3.05) is 25.4 Å². The van der Waals surface area contributed by atoms with Crippen molar-refractivity contribution in [3.8, 4) is 0 Å². The van der Waals surface area contributed by atoms with Gasteiger partial charge in [-0.3, -0.25) is 4.90 Å². The van der Waals surface area contributed by atoms with E-state index in [0.717, 1.165) is 10.8 Å². The van der Waals surface area contributed by atoms with E-state index in [0.29, 0.717) is 13.0 Å². The fourth-order valence-corrected chi connectivity index (χ4v) is 4.32. The smallest absolute Gasteiger partial charge is 0.298 e. The van der Waals surface area contributed by atoms with Gasteiger partial charge in [0.15, 0.2) is 5.75 Å². The van der Waals surface area contributed by atoms with Crippen LogP contribution in [0, 0.1) is 0 Å². The van der Waals surface area contributed by atoms with Gasteiger partial charge in [-0.2, -0.15) is 17.5 Å². The summed E-state index contributed by atoms with van der Waals surface area (Å²) in [7, 11) is -4.20. The number of likely N-dealkylation sites (tertiary alicyclic amines) is 1. The third-order valence-corrected chi connectivity index (χ3v) is 5.27. The summed E-state index contributed by atoms with van der Waals surface area (Å²) in [4.78, 5) is 2.12. The predicted molar refractivity (Wildman–Crippen MR) is 56.0 cm³/mol. The Bertz CT molecular complexity index is 396. The average molecular weight is 272 g/mol. The van der Waals surface area contributed by atoms with Crippen LogP contribution in [-0.4, -0.2) is 61.3 Å². The molecular weight excluding hydrogens is 257 g/mol. The Labute approximate surface area is 98.4 Å². The van der Waals surface area contributed by atoms with Crippen LogP contribution in [0.15, 0.2) is 0 Å². The lowest BCUT2D eigenvalue weighted by Gasteiger charge is -2.32. The van der Waals surface area contributed by atoms with Crippen LogP contribution in [0.4, 0.5) is 13.2 Å². The van der Waals surface area contributed by atoms with E-state index in [9.17, 15) is 21.6 Å². The van der Waals surface area contributed by atoms with E-state index in [2.05, 4.69) is 4.90 Å². The second kappa shape index (κ2) is 4.10. The van der Waals surface area contributed by atoms with Crippen molar-refractivity contribution >= 4 is 10.0 Å². The minimum absolute atomic E-state index is 0.0907. The first-order chi connectivity index (χ1) is 7.73. The van der Waals surface area contributed by atoms with E-state index in [1.165, 1.54) is 0 Å². The van der Waals surface area contributed by atoms with E-state index < -0.39 is 22.0 Å². The molecule has 4 nitrogen and oxygen atoms in total. The van der Waals surface area contributed by atoms with Gasteiger partial charge in [-0.15, -0.1) is 0 Å². The maximum Gasteiger partial charge on any atom is 0.404 e. The molecule has 0 amide bonds. The highest BCUT2D eigenvalue weighted by Crippen LogP contribution is 2.33. The van der Waals surface area contributed by atoms with E-state index in [1.54, 1.807) is 0 Å². The summed E-state index contributed by atoms with van der Waals surface area (Å²) < 4.78 is 60.8. The molecule has 2 aliphatic rings. The zero-order valence-electron chi connectivity index (χ0n) is 9.44. The molecular formula is C9H15F3N2O2S. The summed E-state index contributed by atoms with van der Waals surface area (Å²) in [5.41, 5.74) is 0. The van der Waals surface area contributed by atoms with E-state index >= 15 is 0 Å². The number of halogens is 3. The molecule has 2 unspecified atom stereocenters. The Balaban J connectivity index is 2.07. The number of piperazine rings is 1. The van der Waals surface area contributed by atoms with Crippen LogP contribution in [0.2, 0.25) is 0 Å². The van der Waals surface area contributed by atoms with Crippen LogP contribution in [0.25, 0.3) is 0 Å². The summed E-state index contributed by atoms with van der Waals surface area (Å²) >= 11 is 0. The number of sulfonamides is 1. The molecule has 2 rings (SSSR count). The maximum atomic E-state index is 12.2. The molecule has 2 atom stereocenters. The standard InChI is InChI=1S/C9H15F3N2O2S/c1-2-13-4-8-3-7(13)5-14(8)17(15,16)6-9(10,11)12/h7-8H,2-6H2,1H3. The topological polar surface area (TPSA) is 40.6 Å². The Morgan fingerprint density at radius 2 is 1.88 bits per heavy atom. The Morgan fingerprint density at radius 3 is 2.29 bits per heavy atom. The molecule has 0 spiro atoms. The molecule has 2 saturated heterocycles. The molecule has 0 saturated carbocycles. The molecule has 17 heavy (non-hydrogen) atoms. The highest BCUT2D eigenvalue weighted by molar-refractivity contribution is 7.89. The number of fused-ring (bicyclic) bond motifs is 2. The van der Waals surface area contributed by atoms with Crippen LogP contribution in [0.3, 0.4) is 0 Å². The lowest BCUT2D eigenvalue weighted by molar-refractivity contribution is -0.107. The molecule has 0 N–H and O–H groups in total. The first kappa shape index (κ1) is 13.1. The van der Waals surface area contributed by atoms with Gasteiger partial charge < -0.3 is 0 Å². The van der Waals surface area contributed by atoms with Crippen molar-refractivity contribution in [2.45, 2.75) is 31.6 Å². The third kappa shape index (κ3) is 2.58. The number of nitrogens with zero attached hydrogens (tertiary/aromatic N) is 2. The molecule has 8 heteroatoms.